The average molecular weight is 516 g/mol. The molecular weight excluding hydrogens is 500 g/mol. The van der Waals surface area contributed by atoms with Gasteiger partial charge in [-0.05, 0) is 24.3 Å². The van der Waals surface area contributed by atoms with Crippen LogP contribution in [0.2, 0.25) is 0 Å². The molecule has 9 heteroatoms. The fraction of sp³-hybridized carbons (Fsp3) is 0. The molecule has 4 aromatic heterocycles. The van der Waals surface area contributed by atoms with E-state index in [1.165, 1.54) is 0 Å². The van der Waals surface area contributed by atoms with Crippen molar-refractivity contribution in [2.75, 3.05) is 0 Å². The third-order valence-corrected chi connectivity index (χ3v) is 2.40. The maximum Gasteiger partial charge on any atom is 2.00 e. The summed E-state index contributed by atoms with van der Waals surface area (Å²) in [4.78, 5) is 21.2. The van der Waals surface area contributed by atoms with Crippen LogP contribution >= 0.6 is 0 Å². The Kier molecular flexibility index (Phi) is 17.3. The molecule has 4 heterocycles. The summed E-state index contributed by atoms with van der Waals surface area (Å²) in [6.45, 7) is 0. The third kappa shape index (κ3) is 11.4. The zero-order chi connectivity index (χ0) is 15.3. The summed E-state index contributed by atoms with van der Waals surface area (Å²) in [5.74, 6) is 0. The van der Waals surface area contributed by atoms with Gasteiger partial charge in [0.05, 0.1) is 24.0 Å². The molecule has 0 aliphatic carbocycles. The molecule has 0 bridgehead atoms. The summed E-state index contributed by atoms with van der Waals surface area (Å²) in [6.07, 6.45) is 13.7. The number of pyridine rings is 2. The van der Waals surface area contributed by atoms with Crippen LogP contribution in [-0.4, -0.2) is 29.9 Å². The molecule has 4 aromatic rings. The Labute approximate surface area is 178 Å². The minimum absolute atomic E-state index is 0. The van der Waals surface area contributed by atoms with E-state index < -0.39 is 0 Å². The number of aromatic nitrogens is 6. The molecule has 0 atom stereocenters. The molecule has 0 saturated heterocycles. The first-order chi connectivity index (χ1) is 11.0. The Morgan fingerprint density at radius 1 is 0.600 bits per heavy atom. The van der Waals surface area contributed by atoms with Crippen molar-refractivity contribution in [3.8, 4) is 11.4 Å². The summed E-state index contributed by atoms with van der Waals surface area (Å²) in [5, 5.41) is 0. The monoisotopic (exact) mass is 513 g/mol. The Morgan fingerprint density at radius 2 is 1.04 bits per heavy atom. The van der Waals surface area contributed by atoms with Gasteiger partial charge >= 0.3 is 17.1 Å². The second kappa shape index (κ2) is 17.0. The number of hydrogen-bond donors (Lipinski definition) is 2. The first-order valence-corrected chi connectivity index (χ1v) is 6.65. The van der Waals surface area contributed by atoms with Gasteiger partial charge in [-0.15, -0.1) is 0 Å². The standard InChI is InChI=1S/C10H8N2.2C3H4N2.2BrH.Cu/c1-3-7-11-9(5-1)10-6-2-4-8-12-10;2*1-2-5-3-4-1;;;/h1-8H;2*1-3H,(H,4,5);2*1H;/q;;;;;+2/p-2. The number of nitrogens with zero attached hydrogens (tertiary/aromatic N) is 4. The van der Waals surface area contributed by atoms with Crippen molar-refractivity contribution >= 4 is 0 Å². The molecule has 135 valence electrons. The topological polar surface area (TPSA) is 83.1 Å². The van der Waals surface area contributed by atoms with Crippen molar-refractivity contribution in [1.29, 1.82) is 0 Å². The van der Waals surface area contributed by atoms with E-state index in [-0.39, 0.29) is 51.0 Å². The van der Waals surface area contributed by atoms with Crippen molar-refractivity contribution < 1.29 is 51.0 Å². The van der Waals surface area contributed by atoms with Crippen LogP contribution in [0.4, 0.5) is 0 Å². The van der Waals surface area contributed by atoms with Gasteiger partial charge in [0.25, 0.3) is 0 Å². The van der Waals surface area contributed by atoms with E-state index in [2.05, 4.69) is 29.9 Å². The van der Waals surface area contributed by atoms with Crippen LogP contribution in [0.5, 0.6) is 0 Å². The molecule has 0 aliphatic rings. The fourth-order valence-electron chi connectivity index (χ4n) is 1.46. The minimum atomic E-state index is 0. The maximum atomic E-state index is 4.19. The second-order valence-corrected chi connectivity index (χ2v) is 3.95. The van der Waals surface area contributed by atoms with Crippen molar-refractivity contribution in [3.63, 3.8) is 0 Å². The van der Waals surface area contributed by atoms with Crippen LogP contribution in [0.1, 0.15) is 0 Å². The minimum Gasteiger partial charge on any atom is -1.00 e. The Morgan fingerprint density at radius 3 is 1.24 bits per heavy atom. The van der Waals surface area contributed by atoms with Gasteiger partial charge in [0.2, 0.25) is 0 Å². The van der Waals surface area contributed by atoms with Gasteiger partial charge in [-0.2, -0.15) is 0 Å². The van der Waals surface area contributed by atoms with E-state index in [0.29, 0.717) is 0 Å². The Hall–Kier alpha value is -1.80. The Balaban J connectivity index is 0. The maximum absolute atomic E-state index is 4.19. The largest absolute Gasteiger partial charge is 2.00 e. The summed E-state index contributed by atoms with van der Waals surface area (Å²) >= 11 is 0. The number of imidazole rings is 2. The van der Waals surface area contributed by atoms with Crippen LogP contribution in [0.3, 0.4) is 0 Å². The second-order valence-electron chi connectivity index (χ2n) is 3.95. The van der Waals surface area contributed by atoms with Gasteiger partial charge in [-0.3, -0.25) is 9.97 Å². The van der Waals surface area contributed by atoms with E-state index in [1.54, 1.807) is 49.8 Å². The summed E-state index contributed by atoms with van der Waals surface area (Å²) in [7, 11) is 0. The van der Waals surface area contributed by atoms with E-state index in [0.717, 1.165) is 11.4 Å². The van der Waals surface area contributed by atoms with E-state index >= 15 is 0 Å². The van der Waals surface area contributed by atoms with Crippen molar-refractivity contribution in [2.45, 2.75) is 0 Å². The Bertz CT molecular complexity index is 596. The molecule has 0 fully saturated rings. The molecule has 0 spiro atoms. The summed E-state index contributed by atoms with van der Waals surface area (Å²) in [6, 6.07) is 11.6. The quantitative estimate of drug-likeness (QED) is 0.264. The smallest absolute Gasteiger partial charge is 1.00 e. The number of H-pyrrole nitrogens is 2. The SMILES string of the molecule is [Br-].[Br-].[Cu+2].c1c[nH]cn1.c1c[nH]cn1.c1ccc(-c2ccccn2)nc1. The third-order valence-electron chi connectivity index (χ3n) is 2.40. The van der Waals surface area contributed by atoms with Crippen LogP contribution < -0.4 is 34.0 Å². The zero-order valence-electron chi connectivity index (χ0n) is 12.9. The van der Waals surface area contributed by atoms with Crippen LogP contribution in [0.25, 0.3) is 11.4 Å². The molecule has 0 amide bonds. The van der Waals surface area contributed by atoms with Crippen molar-refractivity contribution in [2.24, 2.45) is 0 Å². The van der Waals surface area contributed by atoms with E-state index in [1.807, 2.05) is 36.4 Å². The van der Waals surface area contributed by atoms with Crippen molar-refractivity contribution in [3.05, 3.63) is 86.2 Å². The van der Waals surface area contributed by atoms with Gasteiger partial charge in [0.1, 0.15) is 0 Å². The number of halogens is 2. The van der Waals surface area contributed by atoms with E-state index in [4.69, 9.17) is 0 Å². The number of rotatable bonds is 1. The molecule has 0 unspecified atom stereocenters. The summed E-state index contributed by atoms with van der Waals surface area (Å²) < 4.78 is 0. The molecule has 1 radical (unpaired) electrons. The molecule has 4 rings (SSSR count). The van der Waals surface area contributed by atoms with Crippen LogP contribution in [-0.2, 0) is 17.1 Å². The predicted molar refractivity (Wildman–Crippen MR) is 84.6 cm³/mol. The van der Waals surface area contributed by atoms with Gasteiger partial charge in [-0.25, -0.2) is 9.97 Å². The normalized spacial score (nSPS) is 7.84. The van der Waals surface area contributed by atoms with Crippen LogP contribution in [0, 0.1) is 0 Å². The molecule has 6 nitrogen and oxygen atoms in total. The molecule has 0 aromatic carbocycles. The molecule has 2 N–H and O–H groups in total. The molecule has 0 saturated carbocycles. The first-order valence-electron chi connectivity index (χ1n) is 6.65. The zero-order valence-corrected chi connectivity index (χ0v) is 17.0. The molecule has 25 heavy (non-hydrogen) atoms. The number of hydrogen-bond acceptors (Lipinski definition) is 4. The summed E-state index contributed by atoms with van der Waals surface area (Å²) in [5.41, 5.74) is 1.83. The van der Waals surface area contributed by atoms with E-state index in [9.17, 15) is 0 Å². The van der Waals surface area contributed by atoms with Gasteiger partial charge in [0, 0.05) is 37.2 Å². The average Bonchev–Trinajstić information content (AvgIpc) is 3.34. The fourth-order valence-corrected chi connectivity index (χ4v) is 1.46. The number of aromatic amines is 2. The van der Waals surface area contributed by atoms with Gasteiger partial charge < -0.3 is 43.9 Å². The predicted octanol–water partition coefficient (Wildman–Crippen LogP) is -3.03. The van der Waals surface area contributed by atoms with Crippen molar-refractivity contribution in [1.82, 2.24) is 29.9 Å². The van der Waals surface area contributed by atoms with Gasteiger partial charge in [-0.1, -0.05) is 12.1 Å². The number of nitrogens with one attached hydrogen (secondary N) is 2. The molecular formula is C16H16Br2CuN6. The first kappa shape index (κ1) is 25.4. The molecule has 0 aliphatic heterocycles. The van der Waals surface area contributed by atoms with Gasteiger partial charge in [0.15, 0.2) is 0 Å². The van der Waals surface area contributed by atoms with Crippen LogP contribution in [0.15, 0.2) is 86.2 Å².